The molecule has 1 aromatic rings. The van der Waals surface area contributed by atoms with Crippen LogP contribution in [-0.2, 0) is 6.54 Å². The van der Waals surface area contributed by atoms with Crippen molar-refractivity contribution >= 4 is 0 Å². The van der Waals surface area contributed by atoms with Crippen LogP contribution in [0.2, 0.25) is 0 Å². The number of hydrogen-bond acceptors (Lipinski definition) is 4. The van der Waals surface area contributed by atoms with Gasteiger partial charge in [0.15, 0.2) is 5.76 Å². The third-order valence-corrected chi connectivity index (χ3v) is 3.15. The number of aromatic nitrogens is 1. The van der Waals surface area contributed by atoms with Gasteiger partial charge in [-0.1, -0.05) is 5.16 Å². The number of nitrogens with two attached hydrogens (primary N) is 1. The molecule has 0 radical (unpaired) electrons. The normalized spacial score (nSPS) is 19.5. The van der Waals surface area contributed by atoms with Crippen LogP contribution in [0.25, 0.3) is 0 Å². The van der Waals surface area contributed by atoms with E-state index in [0.717, 1.165) is 37.9 Å². The van der Waals surface area contributed by atoms with Crippen molar-refractivity contribution in [3.63, 3.8) is 0 Å². The second-order valence-electron chi connectivity index (χ2n) is 4.28. The summed E-state index contributed by atoms with van der Waals surface area (Å²) in [7, 11) is 0. The Morgan fingerprint density at radius 2 is 2.27 bits per heavy atom. The quantitative estimate of drug-likeness (QED) is 0.810. The monoisotopic (exact) mass is 209 g/mol. The van der Waals surface area contributed by atoms with E-state index in [9.17, 15) is 0 Å². The van der Waals surface area contributed by atoms with E-state index in [4.69, 9.17) is 10.3 Å². The van der Waals surface area contributed by atoms with Crippen LogP contribution in [0.3, 0.4) is 0 Å². The first-order valence-electron chi connectivity index (χ1n) is 5.70. The summed E-state index contributed by atoms with van der Waals surface area (Å²) in [5.74, 6) is 1.80. The van der Waals surface area contributed by atoms with Crippen LogP contribution >= 0.6 is 0 Å². The average Bonchev–Trinajstić information content (AvgIpc) is 2.74. The lowest BCUT2D eigenvalue weighted by Crippen LogP contribution is -2.33. The summed E-state index contributed by atoms with van der Waals surface area (Å²) in [5.41, 5.74) is 5.57. The predicted molar refractivity (Wildman–Crippen MR) is 58.2 cm³/mol. The van der Waals surface area contributed by atoms with Crippen molar-refractivity contribution in [1.82, 2.24) is 10.1 Å². The molecule has 0 aromatic carbocycles. The first-order chi connectivity index (χ1) is 7.38. The highest BCUT2D eigenvalue weighted by atomic mass is 16.5. The fourth-order valence-electron chi connectivity index (χ4n) is 2.21. The van der Waals surface area contributed by atoms with Crippen molar-refractivity contribution in [3.8, 4) is 0 Å². The third-order valence-electron chi connectivity index (χ3n) is 3.15. The summed E-state index contributed by atoms with van der Waals surface area (Å²) >= 11 is 0. The van der Waals surface area contributed by atoms with Crippen molar-refractivity contribution in [1.29, 1.82) is 0 Å². The van der Waals surface area contributed by atoms with Crippen molar-refractivity contribution in [2.24, 2.45) is 11.7 Å². The smallest absolute Gasteiger partial charge is 0.150 e. The van der Waals surface area contributed by atoms with Gasteiger partial charge in [-0.3, -0.25) is 4.90 Å². The van der Waals surface area contributed by atoms with Crippen molar-refractivity contribution in [2.45, 2.75) is 25.8 Å². The van der Waals surface area contributed by atoms with E-state index in [0.29, 0.717) is 0 Å². The first kappa shape index (κ1) is 10.6. The van der Waals surface area contributed by atoms with E-state index < -0.39 is 0 Å². The highest BCUT2D eigenvalue weighted by molar-refractivity contribution is 4.93. The van der Waals surface area contributed by atoms with E-state index in [-0.39, 0.29) is 0 Å². The number of hydrogen-bond donors (Lipinski definition) is 1. The summed E-state index contributed by atoms with van der Waals surface area (Å²) < 4.78 is 5.10. The lowest BCUT2D eigenvalue weighted by Gasteiger charge is -2.30. The zero-order valence-corrected chi connectivity index (χ0v) is 9.06. The molecular formula is C11H19N3O. The van der Waals surface area contributed by atoms with Crippen LogP contribution in [0.4, 0.5) is 0 Å². The molecule has 4 heteroatoms. The van der Waals surface area contributed by atoms with Crippen molar-refractivity contribution in [2.75, 3.05) is 19.6 Å². The Morgan fingerprint density at radius 3 is 2.87 bits per heavy atom. The molecule has 15 heavy (non-hydrogen) atoms. The molecule has 1 aliphatic rings. The van der Waals surface area contributed by atoms with Gasteiger partial charge in [-0.25, -0.2) is 0 Å². The van der Waals surface area contributed by atoms with Crippen molar-refractivity contribution in [3.05, 3.63) is 18.0 Å². The molecule has 0 bridgehead atoms. The minimum absolute atomic E-state index is 0.826. The van der Waals surface area contributed by atoms with Gasteiger partial charge in [-0.2, -0.15) is 0 Å². The van der Waals surface area contributed by atoms with Gasteiger partial charge >= 0.3 is 0 Å². The predicted octanol–water partition coefficient (Wildman–Crippen LogP) is 1.24. The molecule has 0 amide bonds. The van der Waals surface area contributed by atoms with Crippen LogP contribution < -0.4 is 5.73 Å². The first-order valence-corrected chi connectivity index (χ1v) is 5.70. The van der Waals surface area contributed by atoms with E-state index >= 15 is 0 Å². The molecule has 1 saturated heterocycles. The molecular weight excluding hydrogens is 190 g/mol. The van der Waals surface area contributed by atoms with E-state index in [1.807, 2.05) is 6.07 Å². The van der Waals surface area contributed by atoms with Crippen molar-refractivity contribution < 1.29 is 4.52 Å². The Hall–Kier alpha value is -0.870. The van der Waals surface area contributed by atoms with Crippen LogP contribution in [-0.4, -0.2) is 29.7 Å². The van der Waals surface area contributed by atoms with Gasteiger partial charge in [0, 0.05) is 6.07 Å². The fourth-order valence-corrected chi connectivity index (χ4v) is 2.21. The Kier molecular flexibility index (Phi) is 3.75. The molecule has 1 aromatic heterocycles. The third kappa shape index (κ3) is 3.04. The fraction of sp³-hybridized carbons (Fsp3) is 0.727. The van der Waals surface area contributed by atoms with Gasteiger partial charge in [-0.15, -0.1) is 0 Å². The van der Waals surface area contributed by atoms with Crippen LogP contribution in [0.5, 0.6) is 0 Å². The molecule has 1 aliphatic heterocycles. The lowest BCUT2D eigenvalue weighted by molar-refractivity contribution is 0.158. The van der Waals surface area contributed by atoms with Crippen LogP contribution in [0.1, 0.15) is 25.0 Å². The molecule has 2 N–H and O–H groups in total. The van der Waals surface area contributed by atoms with Gasteiger partial charge < -0.3 is 10.3 Å². The number of nitrogens with zero attached hydrogens (tertiary/aromatic N) is 2. The Morgan fingerprint density at radius 1 is 1.47 bits per heavy atom. The van der Waals surface area contributed by atoms with Gasteiger partial charge in [-0.05, 0) is 44.8 Å². The maximum absolute atomic E-state index is 5.57. The molecule has 0 spiro atoms. The minimum atomic E-state index is 0.826. The highest BCUT2D eigenvalue weighted by Crippen LogP contribution is 2.20. The summed E-state index contributed by atoms with van der Waals surface area (Å²) in [5, 5.41) is 3.71. The molecule has 2 rings (SSSR count). The van der Waals surface area contributed by atoms with Crippen LogP contribution in [0, 0.1) is 5.92 Å². The molecule has 2 heterocycles. The van der Waals surface area contributed by atoms with Crippen LogP contribution in [0.15, 0.2) is 16.8 Å². The summed E-state index contributed by atoms with van der Waals surface area (Å²) in [4.78, 5) is 2.42. The summed E-state index contributed by atoms with van der Waals surface area (Å²) in [6, 6.07) is 1.94. The maximum atomic E-state index is 5.57. The SMILES string of the molecule is NCCC1CCN(Cc2ccno2)CC1. The number of rotatable bonds is 4. The molecule has 0 aliphatic carbocycles. The molecule has 4 nitrogen and oxygen atoms in total. The van der Waals surface area contributed by atoms with E-state index in [1.54, 1.807) is 6.20 Å². The second kappa shape index (κ2) is 5.28. The van der Waals surface area contributed by atoms with E-state index in [2.05, 4.69) is 10.1 Å². The Balaban J connectivity index is 1.74. The van der Waals surface area contributed by atoms with E-state index in [1.165, 1.54) is 19.3 Å². The summed E-state index contributed by atoms with van der Waals surface area (Å²) in [6.07, 6.45) is 5.42. The molecule has 84 valence electrons. The molecule has 1 fully saturated rings. The van der Waals surface area contributed by atoms with Gasteiger partial charge in [0.25, 0.3) is 0 Å². The Bertz CT molecular complexity index is 265. The average molecular weight is 209 g/mol. The minimum Gasteiger partial charge on any atom is -0.360 e. The standard InChI is InChI=1S/C11H19N3O/c12-5-1-10-3-7-14(8-4-10)9-11-2-6-13-15-11/h2,6,10H,1,3-5,7-9,12H2. The molecule has 0 saturated carbocycles. The second-order valence-corrected chi connectivity index (χ2v) is 4.28. The Labute approximate surface area is 90.4 Å². The largest absolute Gasteiger partial charge is 0.360 e. The zero-order chi connectivity index (χ0) is 10.5. The highest BCUT2D eigenvalue weighted by Gasteiger charge is 2.19. The maximum Gasteiger partial charge on any atom is 0.150 e. The van der Waals surface area contributed by atoms with Gasteiger partial charge in [0.2, 0.25) is 0 Å². The molecule has 0 atom stereocenters. The number of likely N-dealkylation sites (tertiary alicyclic amines) is 1. The topological polar surface area (TPSA) is 55.3 Å². The molecule has 0 unspecified atom stereocenters. The van der Waals surface area contributed by atoms with Gasteiger partial charge in [0.1, 0.15) is 0 Å². The number of piperidine rings is 1. The van der Waals surface area contributed by atoms with Gasteiger partial charge in [0.05, 0.1) is 12.7 Å². The lowest BCUT2D eigenvalue weighted by atomic mass is 9.93. The zero-order valence-electron chi connectivity index (χ0n) is 9.06. The summed E-state index contributed by atoms with van der Waals surface area (Å²) in [6.45, 7) is 4.04.